The minimum absolute atomic E-state index is 0.0848. The first-order valence-electron chi connectivity index (χ1n) is 6.74. The van der Waals surface area contributed by atoms with Crippen molar-refractivity contribution in [3.05, 3.63) is 0 Å². The number of carbonyl (C=O) groups excluding carboxylic acids is 2. The maximum absolute atomic E-state index is 11.9. The van der Waals surface area contributed by atoms with Crippen LogP contribution in [0.2, 0.25) is 0 Å². The molecule has 1 unspecified atom stereocenters. The van der Waals surface area contributed by atoms with Crippen LogP contribution in [0, 0.1) is 0 Å². The van der Waals surface area contributed by atoms with Gasteiger partial charge in [-0.2, -0.15) is 15.0 Å². The van der Waals surface area contributed by atoms with E-state index in [1.54, 1.807) is 0 Å². The highest BCUT2D eigenvalue weighted by molar-refractivity contribution is 6.06. The summed E-state index contributed by atoms with van der Waals surface area (Å²) in [4.78, 5) is 36.8. The molecule has 2 heterocycles. The fourth-order valence-corrected chi connectivity index (χ4v) is 1.88. The largest absolute Gasteiger partial charge is 0.464 e. The Balaban J connectivity index is 2.18. The smallest absolute Gasteiger partial charge is 0.323 e. The molecule has 0 spiro atoms. The van der Waals surface area contributed by atoms with Gasteiger partial charge in [0.1, 0.15) is 6.04 Å². The maximum atomic E-state index is 11.9. The second kappa shape index (κ2) is 6.33. The van der Waals surface area contributed by atoms with Crippen LogP contribution in [-0.4, -0.2) is 57.9 Å². The van der Waals surface area contributed by atoms with E-state index in [1.165, 1.54) is 7.05 Å². The molecule has 1 atom stereocenters. The molecule has 0 radical (unpaired) electrons. The molecule has 1 aliphatic rings. The quantitative estimate of drug-likeness (QED) is 0.698. The number of likely N-dealkylation sites (tertiary alicyclic amines) is 1. The molecule has 1 fully saturated rings. The number of aromatic nitrogens is 3. The highest BCUT2D eigenvalue weighted by Crippen LogP contribution is 2.17. The number of anilines is 2. The number of imide groups is 1. The lowest BCUT2D eigenvalue weighted by molar-refractivity contribution is -0.136. The van der Waals surface area contributed by atoms with Gasteiger partial charge < -0.3 is 15.4 Å². The molecule has 9 heteroatoms. The lowest BCUT2D eigenvalue weighted by Gasteiger charge is -2.12. The molecule has 1 saturated heterocycles. The summed E-state index contributed by atoms with van der Waals surface area (Å²) in [6.07, 6.45) is 0.0848. The monoisotopic (exact) mass is 294 g/mol. The Morgan fingerprint density at radius 2 is 1.95 bits per heavy atom. The second-order valence-electron chi connectivity index (χ2n) is 4.42. The standard InChI is InChI=1S/C12H18N6O3/c1-4-13-10-15-11(17-12(16-10)21-5-2)14-7-6-8(19)18(3)9(7)20/h7H,4-6H2,1-3H3,(H2,13,14,15,16,17). The van der Waals surface area contributed by atoms with Crippen molar-refractivity contribution in [2.75, 3.05) is 30.8 Å². The maximum Gasteiger partial charge on any atom is 0.323 e. The first-order valence-corrected chi connectivity index (χ1v) is 6.74. The normalized spacial score (nSPS) is 18.0. The topological polar surface area (TPSA) is 109 Å². The molecule has 1 aliphatic heterocycles. The molecular formula is C12H18N6O3. The Labute approximate surface area is 122 Å². The van der Waals surface area contributed by atoms with E-state index in [1.807, 2.05) is 13.8 Å². The van der Waals surface area contributed by atoms with Crippen molar-refractivity contribution in [2.45, 2.75) is 26.3 Å². The zero-order chi connectivity index (χ0) is 15.4. The van der Waals surface area contributed by atoms with Crippen molar-refractivity contribution in [3.63, 3.8) is 0 Å². The summed E-state index contributed by atoms with van der Waals surface area (Å²) in [6, 6.07) is -0.495. The van der Waals surface area contributed by atoms with E-state index in [-0.39, 0.29) is 30.2 Å². The summed E-state index contributed by atoms with van der Waals surface area (Å²) in [5.74, 6) is 0.0151. The van der Waals surface area contributed by atoms with Gasteiger partial charge in [0.25, 0.3) is 5.91 Å². The fraction of sp³-hybridized carbons (Fsp3) is 0.583. The van der Waals surface area contributed by atoms with Gasteiger partial charge in [-0.15, -0.1) is 0 Å². The predicted molar refractivity (Wildman–Crippen MR) is 75.0 cm³/mol. The second-order valence-corrected chi connectivity index (χ2v) is 4.42. The van der Waals surface area contributed by atoms with E-state index >= 15 is 0 Å². The molecule has 0 aliphatic carbocycles. The van der Waals surface area contributed by atoms with E-state index in [0.717, 1.165) is 4.90 Å². The van der Waals surface area contributed by atoms with E-state index in [2.05, 4.69) is 25.6 Å². The summed E-state index contributed by atoms with van der Waals surface area (Å²) < 4.78 is 5.26. The van der Waals surface area contributed by atoms with Crippen LogP contribution < -0.4 is 15.4 Å². The van der Waals surface area contributed by atoms with Crippen LogP contribution in [0.25, 0.3) is 0 Å². The van der Waals surface area contributed by atoms with Gasteiger partial charge in [0.2, 0.25) is 17.8 Å². The number of likely N-dealkylation sites (N-methyl/N-ethyl adjacent to an activating group) is 1. The molecule has 2 N–H and O–H groups in total. The third-order valence-electron chi connectivity index (χ3n) is 2.91. The van der Waals surface area contributed by atoms with Crippen LogP contribution in [0.5, 0.6) is 6.01 Å². The molecule has 0 bridgehead atoms. The third kappa shape index (κ3) is 3.36. The van der Waals surface area contributed by atoms with Gasteiger partial charge in [0.05, 0.1) is 13.0 Å². The average Bonchev–Trinajstić information content (AvgIpc) is 2.67. The van der Waals surface area contributed by atoms with Gasteiger partial charge >= 0.3 is 6.01 Å². The first-order chi connectivity index (χ1) is 10.0. The van der Waals surface area contributed by atoms with Crippen molar-refractivity contribution < 1.29 is 14.3 Å². The number of hydrogen-bond acceptors (Lipinski definition) is 8. The molecule has 2 amide bonds. The number of hydrogen-bond donors (Lipinski definition) is 2. The van der Waals surface area contributed by atoms with E-state index in [9.17, 15) is 9.59 Å². The van der Waals surface area contributed by atoms with Gasteiger partial charge in [0.15, 0.2) is 0 Å². The minimum Gasteiger partial charge on any atom is -0.464 e. The summed E-state index contributed by atoms with van der Waals surface area (Å²) in [7, 11) is 1.45. The fourth-order valence-electron chi connectivity index (χ4n) is 1.88. The lowest BCUT2D eigenvalue weighted by Crippen LogP contribution is -2.32. The van der Waals surface area contributed by atoms with Crippen LogP contribution in [0.1, 0.15) is 20.3 Å². The Morgan fingerprint density at radius 1 is 1.24 bits per heavy atom. The predicted octanol–water partition coefficient (Wildman–Crippen LogP) is -0.129. The Kier molecular flexibility index (Phi) is 4.51. The highest BCUT2D eigenvalue weighted by atomic mass is 16.5. The van der Waals surface area contributed by atoms with Crippen LogP contribution in [-0.2, 0) is 9.59 Å². The lowest BCUT2D eigenvalue weighted by atomic mass is 10.2. The molecular weight excluding hydrogens is 276 g/mol. The average molecular weight is 294 g/mol. The number of nitrogens with one attached hydrogen (secondary N) is 2. The molecule has 0 saturated carbocycles. The van der Waals surface area contributed by atoms with Gasteiger partial charge in [-0.1, -0.05) is 0 Å². The molecule has 2 rings (SSSR count). The Bertz CT molecular complexity index is 526. The number of carbonyl (C=O) groups is 2. The zero-order valence-corrected chi connectivity index (χ0v) is 12.2. The van der Waals surface area contributed by atoms with Gasteiger partial charge in [0, 0.05) is 13.6 Å². The highest BCUT2D eigenvalue weighted by Gasteiger charge is 2.36. The van der Waals surface area contributed by atoms with Gasteiger partial charge in [-0.3, -0.25) is 14.5 Å². The minimum atomic E-state index is -0.658. The van der Waals surface area contributed by atoms with Gasteiger partial charge in [-0.05, 0) is 13.8 Å². The third-order valence-corrected chi connectivity index (χ3v) is 2.91. The van der Waals surface area contributed by atoms with Crippen molar-refractivity contribution in [2.24, 2.45) is 0 Å². The first kappa shape index (κ1) is 14.9. The zero-order valence-electron chi connectivity index (χ0n) is 12.2. The van der Waals surface area contributed by atoms with Crippen molar-refractivity contribution in [3.8, 4) is 6.01 Å². The summed E-state index contributed by atoms with van der Waals surface area (Å²) >= 11 is 0. The Morgan fingerprint density at radius 3 is 2.52 bits per heavy atom. The SMILES string of the molecule is CCNc1nc(NC2CC(=O)N(C)C2=O)nc(OCC)n1. The molecule has 9 nitrogen and oxygen atoms in total. The van der Waals surface area contributed by atoms with Crippen LogP contribution in [0.15, 0.2) is 0 Å². The summed E-state index contributed by atoms with van der Waals surface area (Å²) in [6.45, 7) is 4.78. The van der Waals surface area contributed by atoms with E-state index in [0.29, 0.717) is 19.1 Å². The van der Waals surface area contributed by atoms with Crippen LogP contribution >= 0.6 is 0 Å². The molecule has 114 valence electrons. The Hall–Kier alpha value is -2.45. The molecule has 1 aromatic heterocycles. The number of amides is 2. The molecule has 21 heavy (non-hydrogen) atoms. The molecule has 0 aromatic carbocycles. The number of nitrogens with zero attached hydrogens (tertiary/aromatic N) is 4. The van der Waals surface area contributed by atoms with Crippen LogP contribution in [0.4, 0.5) is 11.9 Å². The summed E-state index contributed by atoms with van der Waals surface area (Å²) in [5.41, 5.74) is 0. The van der Waals surface area contributed by atoms with Crippen molar-refractivity contribution in [1.82, 2.24) is 19.9 Å². The van der Waals surface area contributed by atoms with E-state index < -0.39 is 6.04 Å². The van der Waals surface area contributed by atoms with Crippen molar-refractivity contribution >= 4 is 23.7 Å². The molecule has 1 aromatic rings. The van der Waals surface area contributed by atoms with Crippen molar-refractivity contribution in [1.29, 1.82) is 0 Å². The van der Waals surface area contributed by atoms with E-state index in [4.69, 9.17) is 4.74 Å². The van der Waals surface area contributed by atoms with Crippen LogP contribution in [0.3, 0.4) is 0 Å². The summed E-state index contributed by atoms with van der Waals surface area (Å²) in [5, 5.41) is 5.81. The number of ether oxygens (including phenoxy) is 1. The van der Waals surface area contributed by atoms with Gasteiger partial charge in [-0.25, -0.2) is 0 Å². The number of rotatable bonds is 6.